The fraction of sp³-hybridized carbons (Fsp3) is 0.333. The van der Waals surface area contributed by atoms with Crippen LogP contribution in [0, 0.1) is 0 Å². The van der Waals surface area contributed by atoms with Gasteiger partial charge in [-0.15, -0.1) is 0 Å². The topological polar surface area (TPSA) is 96.5 Å². The highest BCUT2D eigenvalue weighted by molar-refractivity contribution is 5.82. The van der Waals surface area contributed by atoms with Crippen LogP contribution in [0.15, 0.2) is 16.9 Å². The van der Waals surface area contributed by atoms with Crippen molar-refractivity contribution in [1.29, 1.82) is 0 Å². The lowest BCUT2D eigenvalue weighted by atomic mass is 10.2. The average Bonchev–Trinajstić information content (AvgIpc) is 2.43. The van der Waals surface area contributed by atoms with E-state index in [-0.39, 0.29) is 12.2 Å². The number of rotatable bonds is 5. The molecular formula is C12H15N3O4. The van der Waals surface area contributed by atoms with E-state index in [1.54, 1.807) is 12.1 Å². The molecule has 1 aromatic carbocycles. The van der Waals surface area contributed by atoms with Crippen LogP contribution < -0.4 is 20.3 Å². The minimum absolute atomic E-state index is 0.0479. The number of nitrogens with one attached hydrogen (secondary N) is 2. The first-order chi connectivity index (χ1) is 9.19. The van der Waals surface area contributed by atoms with Crippen molar-refractivity contribution in [1.82, 2.24) is 9.97 Å². The van der Waals surface area contributed by atoms with Gasteiger partial charge in [0.05, 0.1) is 31.7 Å². The Morgan fingerprint density at radius 2 is 2.00 bits per heavy atom. The van der Waals surface area contributed by atoms with Gasteiger partial charge in [-0.2, -0.15) is 0 Å². The Kier molecular flexibility index (Phi) is 3.86. The third-order valence-electron chi connectivity index (χ3n) is 2.61. The molecule has 2 aromatic rings. The van der Waals surface area contributed by atoms with Crippen LogP contribution in [0.1, 0.15) is 0 Å². The highest BCUT2D eigenvalue weighted by Crippen LogP contribution is 2.30. The molecule has 0 saturated carbocycles. The minimum atomic E-state index is -0.286. The fourth-order valence-electron chi connectivity index (χ4n) is 1.72. The highest BCUT2D eigenvalue weighted by Gasteiger charge is 2.10. The van der Waals surface area contributed by atoms with E-state index < -0.39 is 0 Å². The van der Waals surface area contributed by atoms with Gasteiger partial charge < -0.3 is 19.9 Å². The van der Waals surface area contributed by atoms with E-state index in [2.05, 4.69) is 15.3 Å². The van der Waals surface area contributed by atoms with Crippen LogP contribution in [0.5, 0.6) is 11.5 Å². The van der Waals surface area contributed by atoms with E-state index in [4.69, 9.17) is 14.6 Å². The zero-order valence-corrected chi connectivity index (χ0v) is 10.7. The van der Waals surface area contributed by atoms with E-state index in [9.17, 15) is 4.79 Å². The summed E-state index contributed by atoms with van der Waals surface area (Å²) < 4.78 is 10.3. The lowest BCUT2D eigenvalue weighted by Crippen LogP contribution is -2.15. The molecule has 0 spiro atoms. The van der Waals surface area contributed by atoms with E-state index in [0.717, 1.165) is 0 Å². The summed E-state index contributed by atoms with van der Waals surface area (Å²) in [5, 5.41) is 12.0. The summed E-state index contributed by atoms with van der Waals surface area (Å²) in [5.41, 5.74) is 0.202. The van der Waals surface area contributed by atoms with Crippen molar-refractivity contribution in [2.24, 2.45) is 0 Å². The first-order valence-corrected chi connectivity index (χ1v) is 5.70. The number of hydrogen-bond acceptors (Lipinski definition) is 6. The quantitative estimate of drug-likeness (QED) is 0.721. The third kappa shape index (κ3) is 2.60. The number of aromatic nitrogens is 2. The standard InChI is InChI=1S/C12H15N3O4/c1-18-9-5-7-8(6-10(9)19-2)14-12(13-3-4-16)15-11(7)17/h5-6,16H,3-4H2,1-2H3,(H2,13,14,15,17). The largest absolute Gasteiger partial charge is 0.493 e. The van der Waals surface area contributed by atoms with Crippen molar-refractivity contribution in [2.45, 2.75) is 0 Å². The molecule has 0 aliphatic carbocycles. The number of benzene rings is 1. The average molecular weight is 265 g/mol. The van der Waals surface area contributed by atoms with Gasteiger partial charge in [0.15, 0.2) is 11.5 Å². The van der Waals surface area contributed by atoms with Crippen LogP contribution in [0.2, 0.25) is 0 Å². The SMILES string of the molecule is COc1cc2nc(NCCO)[nH]c(=O)c2cc1OC. The van der Waals surface area contributed by atoms with Gasteiger partial charge in [0.2, 0.25) is 5.95 Å². The predicted octanol–water partition coefficient (Wildman–Crippen LogP) is 0.344. The van der Waals surface area contributed by atoms with Crippen LogP contribution in [-0.4, -0.2) is 42.4 Å². The molecule has 2 rings (SSSR count). The molecule has 7 heteroatoms. The summed E-state index contributed by atoms with van der Waals surface area (Å²) in [7, 11) is 3.02. The maximum Gasteiger partial charge on any atom is 0.260 e. The van der Waals surface area contributed by atoms with Gasteiger partial charge in [0.25, 0.3) is 5.56 Å². The first-order valence-electron chi connectivity index (χ1n) is 5.70. The molecule has 0 amide bonds. The molecule has 0 unspecified atom stereocenters. The number of aliphatic hydroxyl groups is 1. The number of aromatic amines is 1. The van der Waals surface area contributed by atoms with Crippen molar-refractivity contribution >= 4 is 16.9 Å². The normalized spacial score (nSPS) is 10.5. The van der Waals surface area contributed by atoms with Gasteiger partial charge in [-0.05, 0) is 6.07 Å². The summed E-state index contributed by atoms with van der Waals surface area (Å²) in [6.07, 6.45) is 0. The second-order valence-electron chi connectivity index (χ2n) is 3.79. The van der Waals surface area contributed by atoms with Gasteiger partial charge in [0.1, 0.15) is 0 Å². The van der Waals surface area contributed by atoms with Gasteiger partial charge in [-0.1, -0.05) is 0 Å². The first kappa shape index (κ1) is 13.2. The van der Waals surface area contributed by atoms with Crippen molar-refractivity contribution < 1.29 is 14.6 Å². The Labute approximate surface area is 109 Å². The lowest BCUT2D eigenvalue weighted by Gasteiger charge is -2.09. The van der Waals surface area contributed by atoms with E-state index in [0.29, 0.717) is 34.9 Å². The van der Waals surface area contributed by atoms with Crippen molar-refractivity contribution in [3.8, 4) is 11.5 Å². The molecule has 1 aromatic heterocycles. The summed E-state index contributed by atoms with van der Waals surface area (Å²) in [4.78, 5) is 18.8. The zero-order valence-electron chi connectivity index (χ0n) is 10.7. The molecule has 0 atom stereocenters. The van der Waals surface area contributed by atoms with Gasteiger partial charge >= 0.3 is 0 Å². The predicted molar refractivity (Wildman–Crippen MR) is 71.0 cm³/mol. The number of methoxy groups -OCH3 is 2. The molecule has 3 N–H and O–H groups in total. The fourth-order valence-corrected chi connectivity index (χ4v) is 1.72. The Morgan fingerprint density at radius 1 is 1.32 bits per heavy atom. The molecule has 1 heterocycles. The molecule has 102 valence electrons. The Balaban J connectivity index is 2.57. The van der Waals surface area contributed by atoms with Crippen molar-refractivity contribution in [3.63, 3.8) is 0 Å². The number of ether oxygens (including phenoxy) is 2. The summed E-state index contributed by atoms with van der Waals surface area (Å²) >= 11 is 0. The van der Waals surface area contributed by atoms with Crippen LogP contribution in [0.25, 0.3) is 10.9 Å². The molecular weight excluding hydrogens is 250 g/mol. The summed E-state index contributed by atoms with van der Waals surface area (Å²) in [5.74, 6) is 1.28. The second kappa shape index (κ2) is 5.57. The molecule has 0 saturated heterocycles. The number of aliphatic hydroxyl groups excluding tert-OH is 1. The van der Waals surface area contributed by atoms with Crippen molar-refractivity contribution in [2.75, 3.05) is 32.7 Å². The summed E-state index contributed by atoms with van der Waals surface area (Å²) in [6, 6.07) is 3.21. The number of nitrogens with zero attached hydrogens (tertiary/aromatic N) is 1. The van der Waals surface area contributed by atoms with Gasteiger partial charge in [-0.25, -0.2) is 4.98 Å². The molecule has 7 nitrogen and oxygen atoms in total. The Hall–Kier alpha value is -2.28. The number of anilines is 1. The van der Waals surface area contributed by atoms with E-state index in [1.807, 2.05) is 0 Å². The number of hydrogen-bond donors (Lipinski definition) is 3. The van der Waals surface area contributed by atoms with Crippen LogP contribution in [-0.2, 0) is 0 Å². The van der Waals surface area contributed by atoms with E-state index in [1.165, 1.54) is 14.2 Å². The summed E-state index contributed by atoms with van der Waals surface area (Å²) in [6.45, 7) is 0.259. The van der Waals surface area contributed by atoms with Crippen LogP contribution in [0.4, 0.5) is 5.95 Å². The molecule has 0 aliphatic heterocycles. The monoisotopic (exact) mass is 265 g/mol. The van der Waals surface area contributed by atoms with Crippen LogP contribution >= 0.6 is 0 Å². The van der Waals surface area contributed by atoms with E-state index >= 15 is 0 Å². The molecule has 0 aliphatic rings. The van der Waals surface area contributed by atoms with Gasteiger partial charge in [0, 0.05) is 12.6 Å². The van der Waals surface area contributed by atoms with Crippen molar-refractivity contribution in [3.05, 3.63) is 22.5 Å². The Bertz CT molecular complexity index is 639. The molecule has 19 heavy (non-hydrogen) atoms. The second-order valence-corrected chi connectivity index (χ2v) is 3.79. The smallest absolute Gasteiger partial charge is 0.260 e. The maximum atomic E-state index is 11.9. The molecule has 0 radical (unpaired) electrons. The highest BCUT2D eigenvalue weighted by atomic mass is 16.5. The zero-order chi connectivity index (χ0) is 13.8. The molecule has 0 fully saturated rings. The third-order valence-corrected chi connectivity index (χ3v) is 2.61. The Morgan fingerprint density at radius 3 is 2.63 bits per heavy atom. The van der Waals surface area contributed by atoms with Gasteiger partial charge in [-0.3, -0.25) is 9.78 Å². The van der Waals surface area contributed by atoms with Crippen LogP contribution in [0.3, 0.4) is 0 Å². The number of H-pyrrole nitrogens is 1. The minimum Gasteiger partial charge on any atom is -0.493 e. The molecule has 0 bridgehead atoms. The lowest BCUT2D eigenvalue weighted by molar-refractivity contribution is 0.311. The maximum absolute atomic E-state index is 11.9. The number of fused-ring (bicyclic) bond motifs is 1.